The first kappa shape index (κ1) is 23.4. The Balaban J connectivity index is 0.000000366. The van der Waals surface area contributed by atoms with Crippen molar-refractivity contribution in [2.75, 3.05) is 39.4 Å². The molecule has 0 unspecified atom stereocenters. The van der Waals surface area contributed by atoms with Gasteiger partial charge in [-0.05, 0) is 19.5 Å². The minimum absolute atomic E-state index is 0.731. The molecule has 2 aliphatic rings. The summed E-state index contributed by atoms with van der Waals surface area (Å²) in [4.78, 5) is 20.3. The largest absolute Gasteiger partial charge is 0.490 e. The third-order valence-electron chi connectivity index (χ3n) is 3.00. The van der Waals surface area contributed by atoms with Crippen LogP contribution < -0.4 is 5.32 Å². The number of nitrogens with zero attached hydrogens (tertiary/aromatic N) is 1. The topological polar surface area (TPSA) is 99.1 Å². The Hall–Kier alpha value is -1.60. The van der Waals surface area contributed by atoms with E-state index in [0.717, 1.165) is 25.8 Å². The van der Waals surface area contributed by atoms with Crippen molar-refractivity contribution in [1.29, 1.82) is 0 Å². The van der Waals surface area contributed by atoms with Gasteiger partial charge >= 0.3 is 24.3 Å². The van der Waals surface area contributed by atoms with Gasteiger partial charge in [-0.15, -0.1) is 0 Å². The van der Waals surface area contributed by atoms with Crippen LogP contribution in [0.3, 0.4) is 0 Å². The lowest BCUT2D eigenvalue weighted by Crippen LogP contribution is -2.50. The standard InChI is InChI=1S/C8H16N2O.2C2HF3O2/c1-2-9-3-5-10(4-1)8-6-11-7-8;2*3-2(4,5)1(6)7/h8-9H,1-7H2;2*(H,6,7). The average molecular weight is 384 g/mol. The molecule has 2 fully saturated rings. The van der Waals surface area contributed by atoms with Gasteiger partial charge in [-0.25, -0.2) is 9.59 Å². The molecule has 3 N–H and O–H groups in total. The van der Waals surface area contributed by atoms with Crippen molar-refractivity contribution in [3.63, 3.8) is 0 Å². The number of halogens is 6. The molecule has 0 bridgehead atoms. The molecule has 2 aliphatic heterocycles. The van der Waals surface area contributed by atoms with Crippen LogP contribution in [0.15, 0.2) is 0 Å². The van der Waals surface area contributed by atoms with E-state index in [4.69, 9.17) is 24.5 Å². The molecule has 0 amide bonds. The van der Waals surface area contributed by atoms with Crippen LogP contribution in [0.25, 0.3) is 0 Å². The van der Waals surface area contributed by atoms with Gasteiger partial charge in [-0.2, -0.15) is 26.3 Å². The van der Waals surface area contributed by atoms with E-state index >= 15 is 0 Å². The summed E-state index contributed by atoms with van der Waals surface area (Å²) in [6.45, 7) is 6.70. The van der Waals surface area contributed by atoms with Gasteiger partial charge < -0.3 is 20.3 Å². The second-order valence-corrected chi connectivity index (χ2v) is 4.94. The summed E-state index contributed by atoms with van der Waals surface area (Å²) in [6, 6.07) is 0.731. The normalized spacial score (nSPS) is 19.3. The predicted molar refractivity (Wildman–Crippen MR) is 71.0 cm³/mol. The summed E-state index contributed by atoms with van der Waals surface area (Å²) in [5.74, 6) is -5.51. The van der Waals surface area contributed by atoms with Crippen LogP contribution in [0.1, 0.15) is 6.42 Å². The first-order chi connectivity index (χ1) is 11.4. The Labute approximate surface area is 138 Å². The van der Waals surface area contributed by atoms with E-state index in [1.165, 1.54) is 26.1 Å². The molecule has 0 atom stereocenters. The molecule has 0 aromatic carbocycles. The lowest BCUT2D eigenvalue weighted by molar-refractivity contribution is -0.193. The van der Waals surface area contributed by atoms with Gasteiger partial charge in [0, 0.05) is 13.1 Å². The van der Waals surface area contributed by atoms with Crippen molar-refractivity contribution in [2.45, 2.75) is 24.8 Å². The summed E-state index contributed by atoms with van der Waals surface area (Å²) in [5, 5.41) is 17.6. The molecule has 0 radical (unpaired) electrons. The van der Waals surface area contributed by atoms with Crippen molar-refractivity contribution in [3.05, 3.63) is 0 Å². The summed E-state index contributed by atoms with van der Waals surface area (Å²) in [7, 11) is 0. The molecule has 2 saturated heterocycles. The van der Waals surface area contributed by atoms with Crippen LogP contribution in [0, 0.1) is 0 Å². The van der Waals surface area contributed by atoms with Crippen molar-refractivity contribution in [3.8, 4) is 0 Å². The SMILES string of the molecule is C1CNCCN(C2COC2)C1.O=C(O)C(F)(F)F.O=C(O)C(F)(F)F. The first-order valence-corrected chi connectivity index (χ1v) is 6.98. The highest BCUT2D eigenvalue weighted by molar-refractivity contribution is 5.73. The summed E-state index contributed by atoms with van der Waals surface area (Å²) in [5.41, 5.74) is 0. The van der Waals surface area contributed by atoms with E-state index in [9.17, 15) is 26.3 Å². The second-order valence-electron chi connectivity index (χ2n) is 4.94. The van der Waals surface area contributed by atoms with E-state index in [2.05, 4.69) is 10.2 Å². The van der Waals surface area contributed by atoms with Gasteiger partial charge in [-0.1, -0.05) is 0 Å². The Bertz CT molecular complexity index is 393. The number of carboxylic acids is 2. The number of rotatable bonds is 1. The third kappa shape index (κ3) is 10.8. The minimum atomic E-state index is -5.08. The zero-order valence-corrected chi connectivity index (χ0v) is 12.9. The molecule has 0 aliphatic carbocycles. The maximum atomic E-state index is 10.6. The zero-order valence-electron chi connectivity index (χ0n) is 12.9. The van der Waals surface area contributed by atoms with Gasteiger partial charge in [0.05, 0.1) is 19.3 Å². The van der Waals surface area contributed by atoms with Crippen LogP contribution in [-0.4, -0.2) is 84.8 Å². The van der Waals surface area contributed by atoms with Crippen LogP contribution in [0.5, 0.6) is 0 Å². The van der Waals surface area contributed by atoms with E-state index in [1.54, 1.807) is 0 Å². The smallest absolute Gasteiger partial charge is 0.475 e. The fourth-order valence-electron chi connectivity index (χ4n) is 1.67. The summed E-state index contributed by atoms with van der Waals surface area (Å²) < 4.78 is 68.6. The fourth-order valence-corrected chi connectivity index (χ4v) is 1.67. The van der Waals surface area contributed by atoms with Crippen molar-refractivity contribution in [1.82, 2.24) is 10.2 Å². The highest BCUT2D eigenvalue weighted by Crippen LogP contribution is 2.13. The third-order valence-corrected chi connectivity index (χ3v) is 3.00. The lowest BCUT2D eigenvalue weighted by atomic mass is 10.2. The van der Waals surface area contributed by atoms with Crippen molar-refractivity contribution in [2.24, 2.45) is 0 Å². The molecule has 25 heavy (non-hydrogen) atoms. The molecular weight excluding hydrogens is 366 g/mol. The molecular formula is C12H18F6N2O5. The van der Waals surface area contributed by atoms with E-state index in [-0.39, 0.29) is 0 Å². The quantitative estimate of drug-likeness (QED) is 0.579. The predicted octanol–water partition coefficient (Wildman–Crippen LogP) is 0.947. The Morgan fingerprint density at radius 3 is 1.68 bits per heavy atom. The van der Waals surface area contributed by atoms with Crippen molar-refractivity contribution < 1.29 is 50.9 Å². The number of carboxylic acid groups (broad SMARTS) is 2. The van der Waals surface area contributed by atoms with E-state index < -0.39 is 24.3 Å². The zero-order chi connectivity index (χ0) is 19.7. The van der Waals surface area contributed by atoms with E-state index in [1.807, 2.05) is 0 Å². The van der Waals surface area contributed by atoms with Crippen LogP contribution in [0.2, 0.25) is 0 Å². The maximum Gasteiger partial charge on any atom is 0.490 e. The molecule has 2 heterocycles. The number of aliphatic carboxylic acids is 2. The van der Waals surface area contributed by atoms with Crippen molar-refractivity contribution >= 4 is 11.9 Å². The number of alkyl halides is 6. The minimum Gasteiger partial charge on any atom is -0.475 e. The molecule has 0 aromatic heterocycles. The Kier molecular flexibility index (Phi) is 9.74. The van der Waals surface area contributed by atoms with Crippen LogP contribution in [0.4, 0.5) is 26.3 Å². The molecule has 13 heteroatoms. The highest BCUT2D eigenvalue weighted by atomic mass is 19.4. The van der Waals surface area contributed by atoms with Gasteiger partial charge in [0.15, 0.2) is 0 Å². The number of carbonyl (C=O) groups is 2. The summed E-state index contributed by atoms with van der Waals surface area (Å²) >= 11 is 0. The average Bonchev–Trinajstić information content (AvgIpc) is 2.65. The molecule has 2 rings (SSSR count). The fraction of sp³-hybridized carbons (Fsp3) is 0.833. The number of hydrogen-bond acceptors (Lipinski definition) is 5. The summed E-state index contributed by atoms with van der Waals surface area (Å²) in [6.07, 6.45) is -8.88. The highest BCUT2D eigenvalue weighted by Gasteiger charge is 2.38. The molecule has 0 saturated carbocycles. The number of ether oxygens (including phenoxy) is 1. The van der Waals surface area contributed by atoms with Gasteiger partial charge in [-0.3, -0.25) is 4.90 Å². The molecule has 0 aromatic rings. The molecule has 7 nitrogen and oxygen atoms in total. The van der Waals surface area contributed by atoms with Crippen LogP contribution >= 0.6 is 0 Å². The monoisotopic (exact) mass is 384 g/mol. The molecule has 148 valence electrons. The maximum absolute atomic E-state index is 10.6. The Morgan fingerprint density at radius 1 is 0.920 bits per heavy atom. The number of hydrogen-bond donors (Lipinski definition) is 3. The number of nitrogens with one attached hydrogen (secondary N) is 1. The first-order valence-electron chi connectivity index (χ1n) is 6.98. The van der Waals surface area contributed by atoms with Gasteiger partial charge in [0.1, 0.15) is 0 Å². The lowest BCUT2D eigenvalue weighted by Gasteiger charge is -2.36. The Morgan fingerprint density at radius 2 is 1.36 bits per heavy atom. The van der Waals surface area contributed by atoms with Gasteiger partial charge in [0.25, 0.3) is 0 Å². The second kappa shape index (κ2) is 10.4. The van der Waals surface area contributed by atoms with Crippen LogP contribution in [-0.2, 0) is 14.3 Å². The molecule has 0 spiro atoms. The van der Waals surface area contributed by atoms with Gasteiger partial charge in [0.2, 0.25) is 0 Å². The van der Waals surface area contributed by atoms with E-state index in [0.29, 0.717) is 0 Å².